The van der Waals surface area contributed by atoms with Crippen molar-refractivity contribution in [3.05, 3.63) is 23.7 Å². The molecule has 2 fully saturated rings. The Bertz CT molecular complexity index is 1090. The standard InChI is InChI=1S/C21H24N4O6S/c1-29-10-14(26)11-30-16-5-4-15(19-22-6-7-32-19)18-17(16)23-20(31-18)24-8-12-2-3-13(9-24)25(12)21(27)28/h4-7,12-14,26H,2-3,8-11H2,1H3,(H,27,28). The van der Waals surface area contributed by atoms with Crippen molar-refractivity contribution >= 4 is 34.5 Å². The van der Waals surface area contributed by atoms with Gasteiger partial charge in [0, 0.05) is 31.8 Å². The van der Waals surface area contributed by atoms with Crippen LogP contribution >= 0.6 is 11.3 Å². The molecular formula is C21H24N4O6S. The topological polar surface area (TPSA) is 121 Å². The van der Waals surface area contributed by atoms with Crippen LogP contribution in [-0.2, 0) is 4.74 Å². The predicted molar refractivity (Wildman–Crippen MR) is 117 cm³/mol. The number of carbonyl (C=O) groups is 1. The molecule has 2 aromatic heterocycles. The smallest absolute Gasteiger partial charge is 0.407 e. The summed E-state index contributed by atoms with van der Waals surface area (Å²) in [5, 5.41) is 22.2. The number of fused-ring (bicyclic) bond motifs is 3. The van der Waals surface area contributed by atoms with Crippen LogP contribution in [0, 0.1) is 0 Å². The number of aliphatic hydroxyl groups excluding tert-OH is 1. The summed E-state index contributed by atoms with van der Waals surface area (Å²) in [6.45, 7) is 1.29. The van der Waals surface area contributed by atoms with Crippen LogP contribution in [0.15, 0.2) is 28.1 Å². The molecule has 4 heterocycles. The Hall–Kier alpha value is -2.89. The average molecular weight is 461 g/mol. The highest BCUT2D eigenvalue weighted by Crippen LogP contribution is 2.39. The Morgan fingerprint density at radius 3 is 2.75 bits per heavy atom. The summed E-state index contributed by atoms with van der Waals surface area (Å²) in [5.74, 6) is 0.498. The number of hydrogen-bond donors (Lipinski definition) is 2. The highest BCUT2D eigenvalue weighted by atomic mass is 32.1. The maximum absolute atomic E-state index is 11.6. The van der Waals surface area contributed by atoms with E-state index in [1.165, 1.54) is 18.4 Å². The number of oxazole rings is 1. The second kappa shape index (κ2) is 8.57. The minimum atomic E-state index is -0.869. The van der Waals surface area contributed by atoms with Crippen LogP contribution in [0.25, 0.3) is 21.7 Å². The van der Waals surface area contributed by atoms with E-state index in [0.29, 0.717) is 36.0 Å². The van der Waals surface area contributed by atoms with Crippen molar-refractivity contribution < 1.29 is 28.9 Å². The Morgan fingerprint density at radius 1 is 1.31 bits per heavy atom. The molecule has 3 atom stereocenters. The van der Waals surface area contributed by atoms with Gasteiger partial charge in [-0.2, -0.15) is 4.98 Å². The molecule has 0 aliphatic carbocycles. The monoisotopic (exact) mass is 460 g/mol. The largest absolute Gasteiger partial charge is 0.488 e. The highest BCUT2D eigenvalue weighted by molar-refractivity contribution is 7.13. The third-order valence-electron chi connectivity index (χ3n) is 5.92. The van der Waals surface area contributed by atoms with Gasteiger partial charge in [0.25, 0.3) is 6.01 Å². The number of ether oxygens (including phenoxy) is 2. The van der Waals surface area contributed by atoms with Crippen molar-refractivity contribution in [3.8, 4) is 16.3 Å². The maximum Gasteiger partial charge on any atom is 0.407 e. The van der Waals surface area contributed by atoms with Crippen molar-refractivity contribution in [2.45, 2.75) is 31.0 Å². The normalized spacial score (nSPS) is 21.3. The number of piperazine rings is 1. The first kappa shape index (κ1) is 21.0. The minimum absolute atomic E-state index is 0.0587. The molecule has 2 N–H and O–H groups in total. The van der Waals surface area contributed by atoms with Crippen LogP contribution in [0.3, 0.4) is 0 Å². The number of amides is 1. The summed E-state index contributed by atoms with van der Waals surface area (Å²) in [6.07, 6.45) is 1.77. The van der Waals surface area contributed by atoms with E-state index in [-0.39, 0.29) is 25.3 Å². The van der Waals surface area contributed by atoms with E-state index in [4.69, 9.17) is 18.9 Å². The number of aliphatic hydroxyl groups is 1. The third-order valence-corrected chi connectivity index (χ3v) is 6.73. The lowest BCUT2D eigenvalue weighted by Crippen LogP contribution is -2.55. The van der Waals surface area contributed by atoms with Crippen LogP contribution in [0.1, 0.15) is 12.8 Å². The first-order valence-corrected chi connectivity index (χ1v) is 11.3. The molecule has 2 aliphatic rings. The molecule has 5 rings (SSSR count). The van der Waals surface area contributed by atoms with E-state index in [9.17, 15) is 15.0 Å². The number of carboxylic acid groups (broad SMARTS) is 1. The van der Waals surface area contributed by atoms with Gasteiger partial charge in [-0.3, -0.25) is 4.90 Å². The molecule has 2 saturated heterocycles. The summed E-state index contributed by atoms with van der Waals surface area (Å²) in [5.41, 5.74) is 1.91. The van der Waals surface area contributed by atoms with Gasteiger partial charge in [-0.15, -0.1) is 11.3 Å². The van der Waals surface area contributed by atoms with Gasteiger partial charge in [-0.1, -0.05) is 0 Å². The molecule has 170 valence electrons. The van der Waals surface area contributed by atoms with Gasteiger partial charge in [0.2, 0.25) is 0 Å². The maximum atomic E-state index is 11.6. The molecule has 0 radical (unpaired) electrons. The first-order valence-electron chi connectivity index (χ1n) is 10.4. The Kier molecular flexibility index (Phi) is 5.62. The molecule has 0 saturated carbocycles. The zero-order valence-corrected chi connectivity index (χ0v) is 18.3. The summed E-state index contributed by atoms with van der Waals surface area (Å²) >= 11 is 1.50. The number of nitrogens with zero attached hydrogens (tertiary/aromatic N) is 4. The van der Waals surface area contributed by atoms with Crippen molar-refractivity contribution in [3.63, 3.8) is 0 Å². The Balaban J connectivity index is 1.49. The van der Waals surface area contributed by atoms with E-state index in [1.54, 1.807) is 17.2 Å². The number of benzene rings is 1. The van der Waals surface area contributed by atoms with E-state index in [1.807, 2.05) is 16.3 Å². The second-order valence-corrected chi connectivity index (χ2v) is 8.92. The van der Waals surface area contributed by atoms with Crippen LogP contribution in [0.4, 0.5) is 10.8 Å². The molecule has 32 heavy (non-hydrogen) atoms. The lowest BCUT2D eigenvalue weighted by atomic mass is 10.2. The van der Waals surface area contributed by atoms with Gasteiger partial charge in [0.1, 0.15) is 23.5 Å². The fraction of sp³-hybridized carbons (Fsp3) is 0.476. The number of aromatic nitrogens is 2. The molecular weight excluding hydrogens is 436 g/mol. The van der Waals surface area contributed by atoms with Gasteiger partial charge in [0.15, 0.2) is 11.1 Å². The number of rotatable bonds is 7. The van der Waals surface area contributed by atoms with Crippen molar-refractivity contribution in [2.75, 3.05) is 38.3 Å². The summed E-state index contributed by atoms with van der Waals surface area (Å²) in [7, 11) is 1.52. The summed E-state index contributed by atoms with van der Waals surface area (Å²) in [4.78, 5) is 24.3. The number of methoxy groups -OCH3 is 1. The van der Waals surface area contributed by atoms with Crippen molar-refractivity contribution in [1.82, 2.24) is 14.9 Å². The van der Waals surface area contributed by atoms with E-state index < -0.39 is 12.2 Å². The molecule has 2 aliphatic heterocycles. The molecule has 1 aromatic carbocycles. The molecule has 1 amide bonds. The fourth-order valence-electron chi connectivity index (χ4n) is 4.55. The molecule has 0 spiro atoms. The van der Waals surface area contributed by atoms with E-state index >= 15 is 0 Å². The van der Waals surface area contributed by atoms with E-state index in [0.717, 1.165) is 23.4 Å². The molecule has 3 aromatic rings. The van der Waals surface area contributed by atoms with Gasteiger partial charge in [-0.25, -0.2) is 9.78 Å². The van der Waals surface area contributed by atoms with Crippen LogP contribution in [-0.4, -0.2) is 82.8 Å². The molecule has 11 heteroatoms. The summed E-state index contributed by atoms with van der Waals surface area (Å²) in [6, 6.07) is 3.98. The fourth-order valence-corrected chi connectivity index (χ4v) is 5.21. The predicted octanol–water partition coefficient (Wildman–Crippen LogP) is 2.67. The van der Waals surface area contributed by atoms with Crippen LogP contribution in [0.2, 0.25) is 0 Å². The molecule has 10 nitrogen and oxygen atoms in total. The number of thiazole rings is 1. The second-order valence-electron chi connectivity index (χ2n) is 8.02. The zero-order valence-electron chi connectivity index (χ0n) is 17.5. The van der Waals surface area contributed by atoms with Crippen molar-refractivity contribution in [2.24, 2.45) is 0 Å². The lowest BCUT2D eigenvalue weighted by Gasteiger charge is -2.38. The Labute approximate surface area is 188 Å². The quantitative estimate of drug-likeness (QED) is 0.548. The first-order chi connectivity index (χ1) is 15.5. The van der Waals surface area contributed by atoms with Gasteiger partial charge in [0.05, 0.1) is 24.3 Å². The van der Waals surface area contributed by atoms with Gasteiger partial charge in [-0.05, 0) is 25.0 Å². The van der Waals surface area contributed by atoms with Crippen molar-refractivity contribution in [1.29, 1.82) is 0 Å². The average Bonchev–Trinajstić information content (AvgIpc) is 3.50. The van der Waals surface area contributed by atoms with Gasteiger partial charge < -0.3 is 29.0 Å². The van der Waals surface area contributed by atoms with Gasteiger partial charge >= 0.3 is 6.09 Å². The Morgan fingerprint density at radius 2 is 2.09 bits per heavy atom. The van der Waals surface area contributed by atoms with Crippen LogP contribution in [0.5, 0.6) is 5.75 Å². The lowest BCUT2D eigenvalue weighted by molar-refractivity contribution is 0.0329. The zero-order chi connectivity index (χ0) is 22.2. The SMILES string of the molecule is COCC(O)COc1ccc(-c2nccs2)c2oc(N3CC4CCC(C3)N4C(=O)O)nc12. The molecule has 2 bridgehead atoms. The van der Waals surface area contributed by atoms with Crippen LogP contribution < -0.4 is 9.64 Å². The summed E-state index contributed by atoms with van der Waals surface area (Å²) < 4.78 is 17.0. The third kappa shape index (κ3) is 3.76. The van der Waals surface area contributed by atoms with E-state index in [2.05, 4.69) is 4.98 Å². The molecule has 3 unspecified atom stereocenters. The number of hydrogen-bond acceptors (Lipinski definition) is 9. The highest BCUT2D eigenvalue weighted by Gasteiger charge is 2.44. The minimum Gasteiger partial charge on any atom is -0.488 e. The number of anilines is 1.